The third kappa shape index (κ3) is 4.04. The summed E-state index contributed by atoms with van der Waals surface area (Å²) in [7, 11) is 0. The number of halogens is 1. The van der Waals surface area contributed by atoms with Gasteiger partial charge in [-0.1, -0.05) is 54.6 Å². The summed E-state index contributed by atoms with van der Waals surface area (Å²) in [5.74, 6) is -0.566. The summed E-state index contributed by atoms with van der Waals surface area (Å²) in [6.07, 6.45) is 0. The molecule has 0 saturated heterocycles. The van der Waals surface area contributed by atoms with E-state index in [0.717, 1.165) is 5.56 Å². The SMILES string of the molecule is CCn1c(C(C)N(Cc2ccccc2)C(=O)c2ccccc2F)nc2ccccc2c1=O. The Labute approximate surface area is 185 Å². The highest BCUT2D eigenvalue weighted by atomic mass is 19.1. The van der Waals surface area contributed by atoms with Crippen LogP contribution in [0.25, 0.3) is 10.9 Å². The first-order valence-corrected chi connectivity index (χ1v) is 10.6. The van der Waals surface area contributed by atoms with E-state index in [-0.39, 0.29) is 17.7 Å². The number of benzene rings is 3. The quantitative estimate of drug-likeness (QED) is 0.435. The van der Waals surface area contributed by atoms with Gasteiger partial charge in [-0.15, -0.1) is 0 Å². The summed E-state index contributed by atoms with van der Waals surface area (Å²) in [6, 6.07) is 22.0. The number of carbonyl (C=O) groups excluding carboxylic acids is 1. The number of aromatic nitrogens is 2. The van der Waals surface area contributed by atoms with Crippen molar-refractivity contribution in [1.29, 1.82) is 0 Å². The predicted molar refractivity (Wildman–Crippen MR) is 123 cm³/mol. The molecule has 1 unspecified atom stereocenters. The van der Waals surface area contributed by atoms with Crippen molar-refractivity contribution in [2.24, 2.45) is 0 Å². The van der Waals surface area contributed by atoms with Crippen LogP contribution in [0.4, 0.5) is 4.39 Å². The number of hydrogen-bond acceptors (Lipinski definition) is 3. The van der Waals surface area contributed by atoms with Crippen molar-refractivity contribution in [3.8, 4) is 0 Å². The maximum Gasteiger partial charge on any atom is 0.261 e. The third-order valence-electron chi connectivity index (χ3n) is 5.61. The first-order valence-electron chi connectivity index (χ1n) is 10.6. The van der Waals surface area contributed by atoms with Crippen LogP contribution in [0.15, 0.2) is 83.7 Å². The molecule has 0 saturated carbocycles. The lowest BCUT2D eigenvalue weighted by molar-refractivity contribution is 0.0657. The molecular weight excluding hydrogens is 405 g/mol. The fraction of sp³-hybridized carbons (Fsp3) is 0.192. The number of rotatable bonds is 6. The minimum atomic E-state index is -0.581. The van der Waals surface area contributed by atoms with E-state index >= 15 is 0 Å². The van der Waals surface area contributed by atoms with Crippen LogP contribution in [0.3, 0.4) is 0 Å². The molecule has 0 N–H and O–H groups in total. The molecule has 4 rings (SSSR count). The van der Waals surface area contributed by atoms with E-state index in [1.165, 1.54) is 12.1 Å². The van der Waals surface area contributed by atoms with Crippen molar-refractivity contribution in [3.63, 3.8) is 0 Å². The zero-order chi connectivity index (χ0) is 22.7. The lowest BCUT2D eigenvalue weighted by Crippen LogP contribution is -2.37. The molecule has 0 spiro atoms. The van der Waals surface area contributed by atoms with Crippen molar-refractivity contribution in [1.82, 2.24) is 14.5 Å². The Hall–Kier alpha value is -3.80. The van der Waals surface area contributed by atoms with Crippen molar-refractivity contribution in [2.45, 2.75) is 33.0 Å². The average Bonchev–Trinajstić information content (AvgIpc) is 2.82. The molecule has 0 radical (unpaired) electrons. The van der Waals surface area contributed by atoms with Crippen LogP contribution in [0.2, 0.25) is 0 Å². The van der Waals surface area contributed by atoms with Crippen molar-refractivity contribution in [3.05, 3.63) is 112 Å². The molecule has 5 nitrogen and oxygen atoms in total. The summed E-state index contributed by atoms with van der Waals surface area (Å²) in [5.41, 5.74) is 1.30. The van der Waals surface area contributed by atoms with E-state index in [1.54, 1.807) is 39.8 Å². The molecule has 1 aromatic heterocycles. The van der Waals surface area contributed by atoms with Gasteiger partial charge in [0.1, 0.15) is 11.6 Å². The van der Waals surface area contributed by atoms with Gasteiger partial charge in [0, 0.05) is 13.1 Å². The summed E-state index contributed by atoms with van der Waals surface area (Å²) < 4.78 is 16.1. The van der Waals surface area contributed by atoms with Crippen molar-refractivity contribution < 1.29 is 9.18 Å². The van der Waals surface area contributed by atoms with Crippen molar-refractivity contribution in [2.75, 3.05) is 0 Å². The number of para-hydroxylation sites is 1. The predicted octanol–water partition coefficient (Wildman–Crippen LogP) is 4.96. The fourth-order valence-corrected chi connectivity index (χ4v) is 3.90. The molecule has 1 heterocycles. The maximum absolute atomic E-state index is 14.5. The second-order valence-corrected chi connectivity index (χ2v) is 7.61. The summed E-state index contributed by atoms with van der Waals surface area (Å²) >= 11 is 0. The Balaban J connectivity index is 1.85. The largest absolute Gasteiger partial charge is 0.324 e. The Morgan fingerprint density at radius 2 is 1.66 bits per heavy atom. The molecule has 1 amide bonds. The van der Waals surface area contributed by atoms with E-state index in [1.807, 2.05) is 50.2 Å². The Bertz CT molecular complexity index is 1320. The van der Waals surface area contributed by atoms with Gasteiger partial charge in [0.25, 0.3) is 11.5 Å². The van der Waals surface area contributed by atoms with Gasteiger partial charge in [0.2, 0.25) is 0 Å². The Morgan fingerprint density at radius 3 is 2.38 bits per heavy atom. The lowest BCUT2D eigenvalue weighted by Gasteiger charge is -2.30. The fourth-order valence-electron chi connectivity index (χ4n) is 3.90. The van der Waals surface area contributed by atoms with E-state index in [4.69, 9.17) is 4.98 Å². The molecule has 162 valence electrons. The maximum atomic E-state index is 14.5. The molecule has 0 fully saturated rings. The van der Waals surface area contributed by atoms with Gasteiger partial charge in [-0.2, -0.15) is 0 Å². The van der Waals surface area contributed by atoms with Crippen LogP contribution in [-0.4, -0.2) is 20.4 Å². The van der Waals surface area contributed by atoms with Crippen LogP contribution < -0.4 is 5.56 Å². The van der Waals surface area contributed by atoms with Gasteiger partial charge in [-0.25, -0.2) is 9.37 Å². The van der Waals surface area contributed by atoms with Crippen LogP contribution >= 0.6 is 0 Å². The van der Waals surface area contributed by atoms with E-state index < -0.39 is 17.8 Å². The zero-order valence-corrected chi connectivity index (χ0v) is 18.0. The van der Waals surface area contributed by atoms with Crippen LogP contribution in [0.1, 0.15) is 41.6 Å². The second-order valence-electron chi connectivity index (χ2n) is 7.61. The molecule has 4 aromatic rings. The number of fused-ring (bicyclic) bond motifs is 1. The minimum absolute atomic E-state index is 0.0125. The van der Waals surface area contributed by atoms with Crippen LogP contribution in [-0.2, 0) is 13.1 Å². The minimum Gasteiger partial charge on any atom is -0.324 e. The van der Waals surface area contributed by atoms with Gasteiger partial charge >= 0.3 is 0 Å². The number of nitrogens with zero attached hydrogens (tertiary/aromatic N) is 3. The zero-order valence-electron chi connectivity index (χ0n) is 18.0. The van der Waals surface area contributed by atoms with E-state index in [2.05, 4.69) is 0 Å². The molecule has 32 heavy (non-hydrogen) atoms. The Morgan fingerprint density at radius 1 is 1.00 bits per heavy atom. The van der Waals surface area contributed by atoms with Gasteiger partial charge in [-0.05, 0) is 43.7 Å². The molecule has 0 aliphatic rings. The molecular formula is C26H24FN3O2. The molecule has 6 heteroatoms. The van der Waals surface area contributed by atoms with Gasteiger partial charge in [-0.3, -0.25) is 14.2 Å². The molecule has 0 aliphatic heterocycles. The standard InChI is InChI=1S/C26H24FN3O2/c1-3-29-24(28-23-16-10-8-14-21(23)26(29)32)18(2)30(17-19-11-5-4-6-12-19)25(31)20-13-7-9-15-22(20)27/h4-16,18H,3,17H2,1-2H3. The van der Waals surface area contributed by atoms with Crippen molar-refractivity contribution >= 4 is 16.8 Å². The number of carbonyl (C=O) groups is 1. The normalized spacial score (nSPS) is 12.0. The summed E-state index contributed by atoms with van der Waals surface area (Å²) in [5, 5.41) is 0.528. The average molecular weight is 429 g/mol. The smallest absolute Gasteiger partial charge is 0.261 e. The molecule has 1 atom stereocenters. The van der Waals surface area contributed by atoms with Gasteiger partial charge < -0.3 is 4.90 Å². The van der Waals surface area contributed by atoms with Crippen LogP contribution in [0, 0.1) is 5.82 Å². The topological polar surface area (TPSA) is 55.2 Å². The number of amides is 1. The molecule has 3 aromatic carbocycles. The summed E-state index contributed by atoms with van der Waals surface area (Å²) in [4.78, 5) is 32.9. The van der Waals surface area contributed by atoms with Crippen LogP contribution in [0.5, 0.6) is 0 Å². The second kappa shape index (κ2) is 9.14. The van der Waals surface area contributed by atoms with E-state index in [0.29, 0.717) is 23.3 Å². The Kier molecular flexibility index (Phi) is 6.12. The highest BCUT2D eigenvalue weighted by Gasteiger charge is 2.28. The van der Waals surface area contributed by atoms with Gasteiger partial charge in [0.15, 0.2) is 0 Å². The van der Waals surface area contributed by atoms with E-state index in [9.17, 15) is 14.0 Å². The van der Waals surface area contributed by atoms with Gasteiger partial charge in [0.05, 0.1) is 22.5 Å². The third-order valence-corrected chi connectivity index (χ3v) is 5.61. The monoisotopic (exact) mass is 429 g/mol. The molecule has 0 bridgehead atoms. The first-order chi connectivity index (χ1) is 15.5. The number of hydrogen-bond donors (Lipinski definition) is 0. The summed E-state index contributed by atoms with van der Waals surface area (Å²) in [6.45, 7) is 4.35. The highest BCUT2D eigenvalue weighted by molar-refractivity contribution is 5.94. The lowest BCUT2D eigenvalue weighted by atomic mass is 10.1. The highest BCUT2D eigenvalue weighted by Crippen LogP contribution is 2.25. The first kappa shape index (κ1) is 21.4. The molecule has 0 aliphatic carbocycles.